The zero-order valence-corrected chi connectivity index (χ0v) is 5.15. The molecule has 0 aliphatic carbocycles. The van der Waals surface area contributed by atoms with Crippen molar-refractivity contribution in [2.45, 2.75) is 6.92 Å². The molecule has 0 rings (SSSR count). The van der Waals surface area contributed by atoms with Crippen LogP contribution in [0.5, 0.6) is 0 Å². The third kappa shape index (κ3) is 187. The third-order valence-electron chi connectivity index (χ3n) is 0. The van der Waals surface area contributed by atoms with Crippen LogP contribution < -0.4 is 6.15 Å². The van der Waals surface area contributed by atoms with Gasteiger partial charge in [-0.15, -0.1) is 0 Å². The molecule has 0 heterocycles. The highest BCUT2D eigenvalue weighted by Gasteiger charge is 1.66. The Morgan fingerprint density at radius 3 is 1.80 bits per heavy atom. The Kier molecular flexibility index (Phi) is 7.87. The summed E-state index contributed by atoms with van der Waals surface area (Å²) in [4.78, 5) is 9.43. The zero-order valence-electron chi connectivity index (χ0n) is 2.99. The van der Waals surface area contributed by atoms with Crippen LogP contribution in [-0.2, 0) is 4.79 Å². The first-order chi connectivity index (χ1) is 1.73. The lowest BCUT2D eigenvalue weighted by Gasteiger charge is -1.52. The first-order valence-electron chi connectivity index (χ1n) is 0.893. The van der Waals surface area contributed by atoms with Crippen molar-refractivity contribution in [1.82, 2.24) is 6.15 Å². The van der Waals surface area contributed by atoms with Gasteiger partial charge in [0.2, 0.25) is 0 Å². The van der Waals surface area contributed by atoms with Crippen LogP contribution in [0.3, 0.4) is 0 Å². The average Bonchev–Trinajstić information content (AvgIpc) is 0.811. The summed E-state index contributed by atoms with van der Waals surface area (Å²) in [5.74, 6) is 0. The molecule has 3 heteroatoms. The van der Waals surface area contributed by atoms with Gasteiger partial charge in [-0.2, -0.15) is 0 Å². The molecule has 0 radical (unpaired) electrons. The Morgan fingerprint density at radius 1 is 1.80 bits per heavy atom. The van der Waals surface area contributed by atoms with E-state index >= 15 is 0 Å². The van der Waals surface area contributed by atoms with Gasteiger partial charge in [-0.1, -0.05) is 0 Å². The molecule has 0 aromatic carbocycles. The smallest absolute Gasteiger partial charge is 0.189 e. The van der Waals surface area contributed by atoms with E-state index in [4.69, 9.17) is 0 Å². The van der Waals surface area contributed by atoms with Crippen LogP contribution in [-0.4, -0.2) is 3.79 Å². The van der Waals surface area contributed by atoms with E-state index in [-0.39, 0.29) is 9.94 Å². The molecule has 0 spiro atoms. The zero-order chi connectivity index (χ0) is 3.58. The second-order valence-electron chi connectivity index (χ2n) is 0.470. The van der Waals surface area contributed by atoms with Crippen molar-refractivity contribution < 1.29 is 4.79 Å². The van der Waals surface area contributed by atoms with Crippen LogP contribution in [0.4, 0.5) is 0 Å². The second-order valence-corrected chi connectivity index (χ2v) is 1.99. The molecule has 0 aliphatic rings. The van der Waals surface area contributed by atoms with Crippen molar-refractivity contribution in [3.8, 4) is 0 Å². The molecular weight excluding hydrogens is 181 g/mol. The number of hydrogen-bond acceptors (Lipinski definition) is 2. The summed E-state index contributed by atoms with van der Waals surface area (Å²) in [6.45, 7) is 1.51. The van der Waals surface area contributed by atoms with Crippen LogP contribution >= 0.6 is 22.6 Å². The SMILES string of the molecule is CC(=O)I.N. The summed E-state index contributed by atoms with van der Waals surface area (Å²) in [6, 6.07) is 0. The van der Waals surface area contributed by atoms with Crippen LogP contribution in [0.1, 0.15) is 6.92 Å². The molecule has 0 bridgehead atoms. The maximum Gasteiger partial charge on any atom is 0.189 e. The minimum absolute atomic E-state index is 0. The van der Waals surface area contributed by atoms with Gasteiger partial charge in [-0.05, 0) is 22.6 Å². The molecule has 0 amide bonds. The molecule has 0 aliphatic heterocycles. The fourth-order valence-electron chi connectivity index (χ4n) is 0. The standard InChI is InChI=1S/C2H3IO.H3N/c1-2(3)4;/h1H3;1H3. The van der Waals surface area contributed by atoms with Crippen molar-refractivity contribution in [3.05, 3.63) is 0 Å². The van der Waals surface area contributed by atoms with Gasteiger partial charge in [-0.25, -0.2) is 0 Å². The fourth-order valence-corrected chi connectivity index (χ4v) is 0. The lowest BCUT2D eigenvalue weighted by molar-refractivity contribution is -0.107. The Morgan fingerprint density at radius 2 is 1.80 bits per heavy atom. The normalized spacial score (nSPS) is 5.20. The summed E-state index contributed by atoms with van der Waals surface area (Å²) in [7, 11) is 0. The molecule has 0 saturated heterocycles. The molecule has 0 atom stereocenters. The lowest BCUT2D eigenvalue weighted by Crippen LogP contribution is -1.60. The molecule has 0 aromatic heterocycles. The van der Waals surface area contributed by atoms with Gasteiger partial charge in [0.25, 0.3) is 0 Å². The molecule has 5 heavy (non-hydrogen) atoms. The molecule has 2 nitrogen and oxygen atoms in total. The highest BCUT2D eigenvalue weighted by atomic mass is 127. The van der Waals surface area contributed by atoms with E-state index in [1.807, 2.05) is 0 Å². The minimum atomic E-state index is 0. The quantitative estimate of drug-likeness (QED) is 0.456. The van der Waals surface area contributed by atoms with Gasteiger partial charge in [0, 0.05) is 6.92 Å². The van der Waals surface area contributed by atoms with E-state index in [1.54, 1.807) is 22.6 Å². The predicted molar refractivity (Wildman–Crippen MR) is 29.7 cm³/mol. The van der Waals surface area contributed by atoms with Gasteiger partial charge in [0.15, 0.2) is 3.79 Å². The summed E-state index contributed by atoms with van der Waals surface area (Å²) in [5.41, 5.74) is 0. The van der Waals surface area contributed by atoms with Gasteiger partial charge in [0.1, 0.15) is 0 Å². The Labute approximate surface area is 44.7 Å². The van der Waals surface area contributed by atoms with Crippen LogP contribution in [0.15, 0.2) is 0 Å². The molecular formula is C2H6INO. The van der Waals surface area contributed by atoms with Crippen molar-refractivity contribution in [2.24, 2.45) is 0 Å². The summed E-state index contributed by atoms with van der Waals surface area (Å²) in [5, 5.41) is 0. The van der Waals surface area contributed by atoms with E-state index < -0.39 is 0 Å². The lowest BCUT2D eigenvalue weighted by atomic mass is 11.0. The van der Waals surface area contributed by atoms with Crippen molar-refractivity contribution in [2.75, 3.05) is 0 Å². The maximum absolute atomic E-state index is 9.43. The summed E-state index contributed by atoms with van der Waals surface area (Å²) < 4.78 is 0.137. The first kappa shape index (κ1) is 9.03. The topological polar surface area (TPSA) is 52.1 Å². The monoisotopic (exact) mass is 187 g/mol. The number of carbonyl (C=O) groups is 1. The van der Waals surface area contributed by atoms with E-state index in [2.05, 4.69) is 0 Å². The van der Waals surface area contributed by atoms with Crippen LogP contribution in [0.25, 0.3) is 0 Å². The largest absolute Gasteiger partial charge is 0.344 e. The van der Waals surface area contributed by atoms with Crippen LogP contribution in [0.2, 0.25) is 0 Å². The number of rotatable bonds is 0. The molecule has 3 N–H and O–H groups in total. The maximum atomic E-state index is 9.43. The fraction of sp³-hybridized carbons (Fsp3) is 0.500. The Hall–Kier alpha value is 0.360. The third-order valence-corrected chi connectivity index (χ3v) is 0. The summed E-state index contributed by atoms with van der Waals surface area (Å²) in [6.07, 6.45) is 0. The first-order valence-corrected chi connectivity index (χ1v) is 1.97. The van der Waals surface area contributed by atoms with Crippen molar-refractivity contribution in [3.63, 3.8) is 0 Å². The van der Waals surface area contributed by atoms with Gasteiger partial charge in [-0.3, -0.25) is 4.79 Å². The van der Waals surface area contributed by atoms with E-state index in [1.165, 1.54) is 6.92 Å². The van der Waals surface area contributed by atoms with E-state index in [0.717, 1.165) is 0 Å². The summed E-state index contributed by atoms with van der Waals surface area (Å²) >= 11 is 1.70. The van der Waals surface area contributed by atoms with Gasteiger partial charge in [0.05, 0.1) is 0 Å². The van der Waals surface area contributed by atoms with E-state index in [9.17, 15) is 4.79 Å². The predicted octanol–water partition coefficient (Wildman–Crippen LogP) is 1.13. The number of carbonyl (C=O) groups excluding carboxylic acids is 1. The Bertz CT molecular complexity index is 32.6. The molecule has 0 fully saturated rings. The van der Waals surface area contributed by atoms with Crippen molar-refractivity contribution in [1.29, 1.82) is 0 Å². The highest BCUT2D eigenvalue weighted by Crippen LogP contribution is 1.76. The van der Waals surface area contributed by atoms with Gasteiger partial charge < -0.3 is 6.15 Å². The molecule has 32 valence electrons. The van der Waals surface area contributed by atoms with Crippen LogP contribution in [0, 0.1) is 0 Å². The van der Waals surface area contributed by atoms with Crippen molar-refractivity contribution >= 4 is 26.4 Å². The molecule has 0 unspecified atom stereocenters. The average molecular weight is 187 g/mol. The van der Waals surface area contributed by atoms with Gasteiger partial charge >= 0.3 is 0 Å². The molecule has 0 aromatic rings. The number of halogens is 1. The Balaban J connectivity index is 0. The highest BCUT2D eigenvalue weighted by molar-refractivity contribution is 14.1. The second kappa shape index (κ2) is 4.36. The minimum Gasteiger partial charge on any atom is -0.344 e. The number of hydrogen-bond donors (Lipinski definition) is 1. The van der Waals surface area contributed by atoms with E-state index in [0.29, 0.717) is 0 Å². The molecule has 0 saturated carbocycles.